The highest BCUT2D eigenvalue weighted by Gasteiger charge is 2.39. The minimum absolute atomic E-state index is 0.376. The van der Waals surface area contributed by atoms with Gasteiger partial charge in [-0.3, -0.25) is 4.79 Å². The van der Waals surface area contributed by atoms with Gasteiger partial charge in [0.15, 0.2) is 0 Å². The molecule has 1 unspecified atom stereocenters. The van der Waals surface area contributed by atoms with Crippen molar-refractivity contribution in [2.24, 2.45) is 11.7 Å². The fraction of sp³-hybridized carbons (Fsp3) is 0.944. The molecule has 1 spiro atoms. The third-order valence-electron chi connectivity index (χ3n) is 6.05. The van der Waals surface area contributed by atoms with E-state index in [9.17, 15) is 4.79 Å². The van der Waals surface area contributed by atoms with Gasteiger partial charge in [0, 0.05) is 12.1 Å². The lowest BCUT2D eigenvalue weighted by Gasteiger charge is -2.49. The van der Waals surface area contributed by atoms with Crippen molar-refractivity contribution in [1.82, 2.24) is 4.90 Å². The van der Waals surface area contributed by atoms with Gasteiger partial charge in [0.25, 0.3) is 0 Å². The van der Waals surface area contributed by atoms with Crippen molar-refractivity contribution < 1.29 is 9.90 Å². The number of carbonyl (C=O) groups is 1. The number of likely N-dealkylation sites (tertiary alicyclic amines) is 1. The van der Waals surface area contributed by atoms with E-state index in [1.54, 1.807) is 0 Å². The lowest BCUT2D eigenvalue weighted by Crippen LogP contribution is -2.53. The maximum atomic E-state index is 11.0. The molecule has 0 radical (unpaired) electrons. The van der Waals surface area contributed by atoms with E-state index in [1.807, 2.05) is 0 Å². The monoisotopic (exact) mass is 310 g/mol. The van der Waals surface area contributed by atoms with Gasteiger partial charge in [-0.2, -0.15) is 0 Å². The van der Waals surface area contributed by atoms with Crippen molar-refractivity contribution in [1.29, 1.82) is 0 Å². The predicted molar refractivity (Wildman–Crippen MR) is 89.9 cm³/mol. The molecule has 2 rings (SSSR count). The molecule has 1 aliphatic carbocycles. The zero-order valence-corrected chi connectivity index (χ0v) is 14.2. The summed E-state index contributed by atoms with van der Waals surface area (Å²) in [5.74, 6) is -0.418. The van der Waals surface area contributed by atoms with Crippen molar-refractivity contribution in [2.75, 3.05) is 13.6 Å². The number of carboxylic acid groups (broad SMARTS) is 1. The lowest BCUT2D eigenvalue weighted by atomic mass is 9.74. The minimum Gasteiger partial charge on any atom is -0.480 e. The topological polar surface area (TPSA) is 66.6 Å². The summed E-state index contributed by atoms with van der Waals surface area (Å²) in [5, 5.41) is 9.01. The summed E-state index contributed by atoms with van der Waals surface area (Å²) in [6, 6.07) is -0.698. The number of carboxylic acids is 1. The first-order valence-corrected chi connectivity index (χ1v) is 9.23. The third kappa shape index (κ3) is 4.69. The maximum absolute atomic E-state index is 11.0. The summed E-state index contributed by atoms with van der Waals surface area (Å²) in [5.41, 5.74) is 6.10. The van der Waals surface area contributed by atoms with Crippen LogP contribution in [0, 0.1) is 5.92 Å². The summed E-state index contributed by atoms with van der Waals surface area (Å²) >= 11 is 0. The van der Waals surface area contributed by atoms with Gasteiger partial charge in [0.1, 0.15) is 6.04 Å². The Morgan fingerprint density at radius 3 is 2.18 bits per heavy atom. The highest BCUT2D eigenvalue weighted by molar-refractivity contribution is 5.73. The van der Waals surface area contributed by atoms with E-state index in [1.165, 1.54) is 64.2 Å². The Morgan fingerprint density at radius 2 is 1.68 bits per heavy atom. The van der Waals surface area contributed by atoms with Gasteiger partial charge in [-0.25, -0.2) is 0 Å². The smallest absolute Gasteiger partial charge is 0.320 e. The number of piperidine rings is 1. The summed E-state index contributed by atoms with van der Waals surface area (Å²) in [4.78, 5) is 13.5. The number of rotatable bonds is 3. The zero-order chi connectivity index (χ0) is 16.0. The maximum Gasteiger partial charge on any atom is 0.320 e. The minimum atomic E-state index is -0.860. The summed E-state index contributed by atoms with van der Waals surface area (Å²) in [7, 11) is 2.25. The molecule has 4 nitrogen and oxygen atoms in total. The first-order valence-electron chi connectivity index (χ1n) is 9.23. The predicted octanol–water partition coefficient (Wildman–Crippen LogP) is 3.39. The van der Waals surface area contributed by atoms with Crippen LogP contribution in [0.1, 0.15) is 77.0 Å². The molecule has 22 heavy (non-hydrogen) atoms. The van der Waals surface area contributed by atoms with Gasteiger partial charge in [-0.05, 0) is 45.1 Å². The molecule has 0 aromatic heterocycles. The molecule has 0 aromatic carbocycles. The molecule has 0 bridgehead atoms. The molecule has 4 heteroatoms. The molecule has 1 heterocycles. The summed E-state index contributed by atoms with van der Waals surface area (Å²) in [6.45, 7) is 1.01. The molecule has 2 fully saturated rings. The molecule has 3 N–H and O–H groups in total. The SMILES string of the molecule is CN1CC(C[C@H](N)C(=O)O)CCC12CCCCCCCCC2. The number of hydrogen-bond acceptors (Lipinski definition) is 3. The van der Waals surface area contributed by atoms with Gasteiger partial charge in [0.2, 0.25) is 0 Å². The quantitative estimate of drug-likeness (QED) is 0.838. The van der Waals surface area contributed by atoms with Gasteiger partial charge < -0.3 is 15.7 Å². The van der Waals surface area contributed by atoms with Crippen LogP contribution in [-0.4, -0.2) is 41.1 Å². The average molecular weight is 310 g/mol. The fourth-order valence-electron chi connectivity index (χ4n) is 4.54. The van der Waals surface area contributed by atoms with Crippen molar-refractivity contribution in [2.45, 2.75) is 88.6 Å². The standard InChI is InChI=1S/C18H34N2O2/c1-20-14-15(13-16(19)17(21)22)9-12-18(20)10-7-5-3-2-4-6-8-11-18/h15-16H,2-14,19H2,1H3,(H,21,22)/t15?,16-/m0/s1. The Bertz CT molecular complexity index is 349. The number of nitrogens with zero attached hydrogens (tertiary/aromatic N) is 1. The second-order valence-corrected chi connectivity index (χ2v) is 7.66. The molecule has 2 atom stereocenters. The summed E-state index contributed by atoms with van der Waals surface area (Å²) in [6.07, 6.45) is 15.3. The van der Waals surface area contributed by atoms with E-state index in [0.29, 0.717) is 17.9 Å². The van der Waals surface area contributed by atoms with Crippen molar-refractivity contribution in [3.05, 3.63) is 0 Å². The van der Waals surface area contributed by atoms with E-state index < -0.39 is 12.0 Å². The largest absolute Gasteiger partial charge is 0.480 e. The Morgan fingerprint density at radius 1 is 1.14 bits per heavy atom. The highest BCUT2D eigenvalue weighted by atomic mass is 16.4. The van der Waals surface area contributed by atoms with Crippen molar-refractivity contribution in [3.63, 3.8) is 0 Å². The molecule has 1 saturated carbocycles. The van der Waals surface area contributed by atoms with Crippen LogP contribution in [0.4, 0.5) is 0 Å². The number of aliphatic carboxylic acids is 1. The first kappa shape index (κ1) is 17.7. The molecule has 1 aliphatic heterocycles. The van der Waals surface area contributed by atoms with Crippen LogP contribution >= 0.6 is 0 Å². The third-order valence-corrected chi connectivity index (χ3v) is 6.05. The molecular formula is C18H34N2O2. The Labute approximate surface area is 135 Å². The lowest BCUT2D eigenvalue weighted by molar-refractivity contribution is -0.139. The van der Waals surface area contributed by atoms with Crippen LogP contribution in [0.15, 0.2) is 0 Å². The fourth-order valence-corrected chi connectivity index (χ4v) is 4.54. The second-order valence-electron chi connectivity index (χ2n) is 7.66. The summed E-state index contributed by atoms with van der Waals surface area (Å²) < 4.78 is 0. The van der Waals surface area contributed by atoms with E-state index >= 15 is 0 Å². The first-order chi connectivity index (χ1) is 10.5. The molecule has 2 aliphatic rings. The van der Waals surface area contributed by atoms with Gasteiger partial charge >= 0.3 is 5.97 Å². The molecule has 0 aromatic rings. The Balaban J connectivity index is 1.92. The highest BCUT2D eigenvalue weighted by Crippen LogP contribution is 2.39. The van der Waals surface area contributed by atoms with Crippen LogP contribution < -0.4 is 5.73 Å². The normalized spacial score (nSPS) is 29.1. The van der Waals surface area contributed by atoms with Crippen LogP contribution in [0.3, 0.4) is 0 Å². The van der Waals surface area contributed by atoms with Crippen LogP contribution in [0.25, 0.3) is 0 Å². The molecule has 1 saturated heterocycles. The second kappa shape index (κ2) is 8.30. The Hall–Kier alpha value is -0.610. The average Bonchev–Trinajstić information content (AvgIpc) is 2.49. The van der Waals surface area contributed by atoms with E-state index in [0.717, 1.165) is 13.0 Å². The van der Waals surface area contributed by atoms with Gasteiger partial charge in [-0.1, -0.05) is 44.9 Å². The number of hydrogen-bond donors (Lipinski definition) is 2. The van der Waals surface area contributed by atoms with Crippen LogP contribution in [-0.2, 0) is 4.79 Å². The zero-order valence-electron chi connectivity index (χ0n) is 14.2. The van der Waals surface area contributed by atoms with Crippen molar-refractivity contribution in [3.8, 4) is 0 Å². The molecule has 0 amide bonds. The van der Waals surface area contributed by atoms with E-state index in [-0.39, 0.29) is 0 Å². The van der Waals surface area contributed by atoms with Gasteiger partial charge in [0.05, 0.1) is 0 Å². The van der Waals surface area contributed by atoms with Gasteiger partial charge in [-0.15, -0.1) is 0 Å². The van der Waals surface area contributed by atoms with Crippen LogP contribution in [0.5, 0.6) is 0 Å². The van der Waals surface area contributed by atoms with Crippen molar-refractivity contribution >= 4 is 5.97 Å². The van der Waals surface area contributed by atoms with Crippen LogP contribution in [0.2, 0.25) is 0 Å². The number of nitrogens with two attached hydrogens (primary N) is 1. The molecular weight excluding hydrogens is 276 g/mol. The van der Waals surface area contributed by atoms with E-state index in [2.05, 4.69) is 11.9 Å². The molecule has 128 valence electrons. The Kier molecular flexibility index (Phi) is 6.69. The van der Waals surface area contributed by atoms with E-state index in [4.69, 9.17) is 10.8 Å².